The molecule has 0 aliphatic carbocycles. The summed E-state index contributed by atoms with van der Waals surface area (Å²) in [5.74, 6) is 0.747. The summed E-state index contributed by atoms with van der Waals surface area (Å²) >= 11 is 0. The Morgan fingerprint density at radius 3 is 2.55 bits per heavy atom. The number of hydrogen-bond donors (Lipinski definition) is 0. The first-order valence-corrected chi connectivity index (χ1v) is 9.70. The number of piperidine rings is 1. The summed E-state index contributed by atoms with van der Waals surface area (Å²) in [6.45, 7) is 2.95. The summed E-state index contributed by atoms with van der Waals surface area (Å²) in [6.07, 6.45) is 9.25. The van der Waals surface area contributed by atoms with E-state index in [2.05, 4.69) is 39.1 Å². The Labute approximate surface area is 177 Å². The first-order chi connectivity index (χ1) is 13.8. The van der Waals surface area contributed by atoms with Gasteiger partial charge in [-0.3, -0.25) is 14.7 Å². The molecular weight excluding hydrogens is 388 g/mol. The predicted octanol–water partition coefficient (Wildman–Crippen LogP) is 3.85. The number of carbonyl (C=O) groups excluding carboxylic acids is 1. The van der Waals surface area contributed by atoms with Crippen LogP contribution in [0.1, 0.15) is 29.0 Å². The van der Waals surface area contributed by atoms with E-state index in [9.17, 15) is 4.79 Å². The fourth-order valence-electron chi connectivity index (χ4n) is 3.72. The second-order valence-corrected chi connectivity index (χ2v) is 7.02. The van der Waals surface area contributed by atoms with Gasteiger partial charge in [0.15, 0.2) is 11.6 Å². The Morgan fingerprint density at radius 1 is 1.10 bits per heavy atom. The third kappa shape index (κ3) is 5.22. The summed E-state index contributed by atoms with van der Waals surface area (Å²) in [6, 6.07) is 14.1. The van der Waals surface area contributed by atoms with Crippen molar-refractivity contribution < 1.29 is 9.21 Å². The lowest BCUT2D eigenvalue weighted by Crippen LogP contribution is -2.48. The van der Waals surface area contributed by atoms with Gasteiger partial charge in [-0.2, -0.15) is 0 Å². The number of amides is 1. The van der Waals surface area contributed by atoms with Crippen LogP contribution in [-0.2, 0) is 6.42 Å². The number of nitrogens with zero attached hydrogens (tertiary/aromatic N) is 4. The highest BCUT2D eigenvalue weighted by molar-refractivity contribution is 6.04. The van der Waals surface area contributed by atoms with E-state index in [1.165, 1.54) is 11.8 Å². The lowest BCUT2D eigenvalue weighted by atomic mass is 10.0. The highest BCUT2D eigenvalue weighted by Crippen LogP contribution is 2.24. The summed E-state index contributed by atoms with van der Waals surface area (Å²) in [4.78, 5) is 25.8. The highest BCUT2D eigenvalue weighted by Gasteiger charge is 2.31. The summed E-state index contributed by atoms with van der Waals surface area (Å²) in [5.41, 5.74) is 1.36. The van der Waals surface area contributed by atoms with E-state index in [0.717, 1.165) is 38.9 Å². The molecule has 29 heavy (non-hydrogen) atoms. The summed E-state index contributed by atoms with van der Waals surface area (Å²) < 4.78 is 5.35. The Balaban J connectivity index is 0.00000240. The van der Waals surface area contributed by atoms with Crippen molar-refractivity contribution in [2.45, 2.75) is 25.3 Å². The first kappa shape index (κ1) is 21.0. The molecule has 1 aromatic carbocycles. The van der Waals surface area contributed by atoms with Gasteiger partial charge in [-0.05, 0) is 37.0 Å². The van der Waals surface area contributed by atoms with Gasteiger partial charge in [0.25, 0.3) is 5.91 Å². The summed E-state index contributed by atoms with van der Waals surface area (Å²) in [7, 11) is 0. The van der Waals surface area contributed by atoms with Crippen LogP contribution in [0.5, 0.6) is 0 Å². The Bertz CT molecular complexity index is 866. The quantitative estimate of drug-likeness (QED) is 0.615. The standard InChI is InChI=1S/C22H24N4O2.ClH/c27-22(20-7-4-16-28-20)26(21-17-23-11-12-24-21)19-9-14-25(15-10-19)13-8-18-5-2-1-3-6-18;/h1-7,11-12,16-17,19H,8-10,13-15H2;1H. The van der Waals surface area contributed by atoms with Crippen molar-refractivity contribution in [3.63, 3.8) is 0 Å². The van der Waals surface area contributed by atoms with E-state index in [4.69, 9.17) is 4.42 Å². The van der Waals surface area contributed by atoms with E-state index in [1.807, 2.05) is 6.07 Å². The molecule has 6 nitrogen and oxygen atoms in total. The monoisotopic (exact) mass is 412 g/mol. The normalized spacial score (nSPS) is 14.9. The predicted molar refractivity (Wildman–Crippen MR) is 114 cm³/mol. The molecule has 2 aromatic heterocycles. The molecule has 0 atom stereocenters. The van der Waals surface area contributed by atoms with E-state index in [-0.39, 0.29) is 24.4 Å². The van der Waals surface area contributed by atoms with Gasteiger partial charge in [-0.1, -0.05) is 30.3 Å². The number of furan rings is 1. The van der Waals surface area contributed by atoms with Crippen molar-refractivity contribution in [3.8, 4) is 0 Å². The van der Waals surface area contributed by atoms with Crippen LogP contribution in [0, 0.1) is 0 Å². The van der Waals surface area contributed by atoms with Crippen molar-refractivity contribution in [2.24, 2.45) is 0 Å². The largest absolute Gasteiger partial charge is 0.459 e. The van der Waals surface area contributed by atoms with E-state index < -0.39 is 0 Å². The maximum atomic E-state index is 13.0. The molecule has 0 bridgehead atoms. The smallest absolute Gasteiger partial charge is 0.295 e. The Kier molecular flexibility index (Phi) is 7.38. The van der Waals surface area contributed by atoms with Gasteiger partial charge in [0.2, 0.25) is 0 Å². The number of rotatable bonds is 6. The maximum Gasteiger partial charge on any atom is 0.295 e. The van der Waals surface area contributed by atoms with Gasteiger partial charge in [0, 0.05) is 38.1 Å². The van der Waals surface area contributed by atoms with Gasteiger partial charge >= 0.3 is 0 Å². The van der Waals surface area contributed by atoms with Crippen LogP contribution in [0.25, 0.3) is 0 Å². The molecule has 0 radical (unpaired) electrons. The van der Waals surface area contributed by atoms with Crippen molar-refractivity contribution in [3.05, 3.63) is 78.6 Å². The van der Waals surface area contributed by atoms with Gasteiger partial charge in [0.1, 0.15) is 0 Å². The third-order valence-electron chi connectivity index (χ3n) is 5.23. The minimum atomic E-state index is -0.159. The van der Waals surface area contributed by atoms with Gasteiger partial charge in [-0.25, -0.2) is 4.98 Å². The number of benzene rings is 1. The number of anilines is 1. The fraction of sp³-hybridized carbons (Fsp3) is 0.318. The van der Waals surface area contributed by atoms with Crippen LogP contribution in [0.2, 0.25) is 0 Å². The SMILES string of the molecule is Cl.O=C(c1ccco1)N(c1cnccn1)C1CCN(CCc2ccccc2)CC1. The van der Waals surface area contributed by atoms with Crippen LogP contribution in [-0.4, -0.2) is 46.5 Å². The lowest BCUT2D eigenvalue weighted by Gasteiger charge is -2.37. The maximum absolute atomic E-state index is 13.0. The van der Waals surface area contributed by atoms with Crippen molar-refractivity contribution in [2.75, 3.05) is 24.5 Å². The van der Waals surface area contributed by atoms with Crippen LogP contribution in [0.4, 0.5) is 5.82 Å². The van der Waals surface area contributed by atoms with Crippen LogP contribution >= 0.6 is 12.4 Å². The molecule has 0 saturated carbocycles. The number of likely N-dealkylation sites (tertiary alicyclic amines) is 1. The molecule has 4 rings (SSSR count). The zero-order valence-corrected chi connectivity index (χ0v) is 17.0. The minimum Gasteiger partial charge on any atom is -0.459 e. The molecule has 0 unspecified atom stereocenters. The van der Waals surface area contributed by atoms with Gasteiger partial charge in [0.05, 0.1) is 12.5 Å². The number of halogens is 1. The molecule has 152 valence electrons. The molecule has 0 N–H and O–H groups in total. The minimum absolute atomic E-state index is 0. The van der Waals surface area contributed by atoms with E-state index in [0.29, 0.717) is 11.6 Å². The van der Waals surface area contributed by atoms with Crippen molar-refractivity contribution in [1.29, 1.82) is 0 Å². The molecular formula is C22H25ClN4O2. The highest BCUT2D eigenvalue weighted by atomic mass is 35.5. The zero-order chi connectivity index (χ0) is 19.2. The van der Waals surface area contributed by atoms with Crippen LogP contribution in [0.3, 0.4) is 0 Å². The Hall–Kier alpha value is -2.70. The molecule has 7 heteroatoms. The van der Waals surface area contributed by atoms with Crippen LogP contribution in [0.15, 0.2) is 71.7 Å². The third-order valence-corrected chi connectivity index (χ3v) is 5.23. The fourth-order valence-corrected chi connectivity index (χ4v) is 3.72. The van der Waals surface area contributed by atoms with E-state index >= 15 is 0 Å². The average Bonchev–Trinajstić information content (AvgIpc) is 3.30. The topological polar surface area (TPSA) is 62.5 Å². The molecule has 1 amide bonds. The second kappa shape index (κ2) is 10.2. The number of aromatic nitrogens is 2. The molecule has 1 aliphatic heterocycles. The van der Waals surface area contributed by atoms with Crippen molar-refractivity contribution in [1.82, 2.24) is 14.9 Å². The van der Waals surface area contributed by atoms with Crippen molar-refractivity contribution >= 4 is 24.1 Å². The Morgan fingerprint density at radius 2 is 1.90 bits per heavy atom. The molecule has 1 saturated heterocycles. The lowest BCUT2D eigenvalue weighted by molar-refractivity contribution is 0.0932. The molecule has 3 aromatic rings. The summed E-state index contributed by atoms with van der Waals surface area (Å²) in [5, 5.41) is 0. The molecule has 0 spiro atoms. The first-order valence-electron chi connectivity index (χ1n) is 9.70. The van der Waals surface area contributed by atoms with Gasteiger partial charge < -0.3 is 9.32 Å². The number of hydrogen-bond acceptors (Lipinski definition) is 5. The van der Waals surface area contributed by atoms with Gasteiger partial charge in [-0.15, -0.1) is 12.4 Å². The average molecular weight is 413 g/mol. The zero-order valence-electron chi connectivity index (χ0n) is 16.2. The molecule has 3 heterocycles. The second-order valence-electron chi connectivity index (χ2n) is 7.02. The molecule has 1 aliphatic rings. The van der Waals surface area contributed by atoms with E-state index in [1.54, 1.807) is 35.6 Å². The van der Waals surface area contributed by atoms with Crippen LogP contribution < -0.4 is 4.90 Å². The number of carbonyl (C=O) groups is 1. The molecule has 1 fully saturated rings.